The number of nitriles is 1. The fourth-order valence-electron chi connectivity index (χ4n) is 4.58. The number of nitrogens with two attached hydrogens (primary N) is 1. The first-order valence-electron chi connectivity index (χ1n) is 12.2. The number of carbonyl (C=O) groups is 3. The van der Waals surface area contributed by atoms with E-state index in [-0.39, 0.29) is 35.6 Å². The van der Waals surface area contributed by atoms with Crippen LogP contribution in [-0.4, -0.2) is 76.9 Å². The number of aromatic nitrogens is 2. The van der Waals surface area contributed by atoms with Crippen LogP contribution in [-0.2, 0) is 19.1 Å². The van der Waals surface area contributed by atoms with Crippen molar-refractivity contribution in [2.45, 2.75) is 38.1 Å². The summed E-state index contributed by atoms with van der Waals surface area (Å²) in [5.41, 5.74) is 6.78. The lowest BCUT2D eigenvalue weighted by Gasteiger charge is -2.28. The zero-order valence-electron chi connectivity index (χ0n) is 20.7. The number of rotatable bonds is 7. The minimum absolute atomic E-state index is 0.00947. The van der Waals surface area contributed by atoms with E-state index in [0.717, 1.165) is 25.7 Å². The van der Waals surface area contributed by atoms with Crippen molar-refractivity contribution in [1.29, 1.82) is 5.26 Å². The van der Waals surface area contributed by atoms with Crippen molar-refractivity contribution in [2.24, 2.45) is 0 Å². The summed E-state index contributed by atoms with van der Waals surface area (Å²) < 4.78 is 4.80. The Balaban J connectivity index is 1.60. The molecule has 4 N–H and O–H groups in total. The highest BCUT2D eigenvalue weighted by Crippen LogP contribution is 2.23. The maximum Gasteiger partial charge on any atom is 0.352 e. The number of anilines is 2. The molecule has 1 aromatic heterocycles. The number of ether oxygens (including phenoxy) is 1. The zero-order chi connectivity index (χ0) is 26.4. The Labute approximate surface area is 214 Å². The summed E-state index contributed by atoms with van der Waals surface area (Å²) in [6, 6.07) is 6.23. The van der Waals surface area contributed by atoms with Gasteiger partial charge in [-0.15, -0.1) is 0 Å². The van der Waals surface area contributed by atoms with Crippen LogP contribution in [0.4, 0.5) is 11.5 Å². The first-order valence-corrected chi connectivity index (χ1v) is 12.2. The molecule has 0 bridgehead atoms. The number of methoxy groups -OCH3 is 1. The number of likely N-dealkylation sites (tertiary alicyclic amines) is 2. The highest BCUT2D eigenvalue weighted by molar-refractivity contribution is 5.95. The lowest BCUT2D eigenvalue weighted by molar-refractivity contribution is -0.140. The predicted octanol–water partition coefficient (Wildman–Crippen LogP) is 1.13. The van der Waals surface area contributed by atoms with Crippen molar-refractivity contribution in [3.8, 4) is 6.07 Å². The molecule has 12 heteroatoms. The van der Waals surface area contributed by atoms with E-state index >= 15 is 0 Å². The monoisotopic (exact) mass is 506 g/mol. The molecule has 2 saturated heterocycles. The van der Waals surface area contributed by atoms with Gasteiger partial charge in [0.1, 0.15) is 30.1 Å². The van der Waals surface area contributed by atoms with E-state index in [0.29, 0.717) is 42.6 Å². The maximum atomic E-state index is 13.5. The average Bonchev–Trinajstić information content (AvgIpc) is 3.39. The molecule has 2 aromatic rings. The lowest BCUT2D eigenvalue weighted by Crippen LogP contribution is -2.49. The van der Waals surface area contributed by atoms with E-state index in [9.17, 15) is 19.6 Å². The van der Waals surface area contributed by atoms with E-state index in [1.165, 1.54) is 13.4 Å². The average molecular weight is 507 g/mol. The molecule has 2 fully saturated rings. The van der Waals surface area contributed by atoms with Crippen LogP contribution in [0.25, 0.3) is 10.9 Å². The number of nitrogen functional groups attached to an aromatic ring is 1. The number of hydrogen-bond donors (Lipinski definition) is 3. The van der Waals surface area contributed by atoms with Crippen molar-refractivity contribution in [3.05, 3.63) is 35.9 Å². The topological polar surface area (TPSA) is 167 Å². The van der Waals surface area contributed by atoms with Crippen LogP contribution in [0.2, 0.25) is 0 Å². The molecule has 0 saturated carbocycles. The Hall–Kier alpha value is -4.40. The molecular weight excluding hydrogens is 476 g/mol. The first kappa shape index (κ1) is 25.7. The van der Waals surface area contributed by atoms with E-state index < -0.39 is 12.0 Å². The number of benzene rings is 1. The number of amides is 2. The summed E-state index contributed by atoms with van der Waals surface area (Å²) in [6.07, 6.45) is 5.25. The smallest absolute Gasteiger partial charge is 0.352 e. The van der Waals surface area contributed by atoms with E-state index in [1.54, 1.807) is 28.0 Å². The predicted molar refractivity (Wildman–Crippen MR) is 135 cm³/mol. The first-order chi connectivity index (χ1) is 17.9. The Kier molecular flexibility index (Phi) is 8.02. The highest BCUT2D eigenvalue weighted by Gasteiger charge is 2.31. The molecule has 3 heterocycles. The molecule has 2 aliphatic heterocycles. The Bertz CT molecular complexity index is 1270. The van der Waals surface area contributed by atoms with Crippen molar-refractivity contribution in [1.82, 2.24) is 25.1 Å². The van der Waals surface area contributed by atoms with Gasteiger partial charge in [0.05, 0.1) is 19.2 Å². The molecule has 1 aromatic carbocycles. The molecule has 2 aliphatic rings. The largest absolute Gasteiger partial charge is 0.465 e. The molecule has 194 valence electrons. The van der Waals surface area contributed by atoms with Gasteiger partial charge in [-0.25, -0.2) is 14.8 Å². The summed E-state index contributed by atoms with van der Waals surface area (Å²) >= 11 is 0. The van der Waals surface area contributed by atoms with Crippen LogP contribution in [0, 0.1) is 11.3 Å². The quantitative estimate of drug-likeness (QED) is 0.281. The molecule has 0 radical (unpaired) electrons. The fraction of sp³-hybridized carbons (Fsp3) is 0.440. The molecule has 4 rings (SSSR count). The summed E-state index contributed by atoms with van der Waals surface area (Å²) in [5, 5.41) is 16.4. The molecule has 0 aliphatic carbocycles. The second kappa shape index (κ2) is 11.6. The Morgan fingerprint density at radius 1 is 1.19 bits per heavy atom. The van der Waals surface area contributed by atoms with Crippen molar-refractivity contribution < 1.29 is 19.1 Å². The minimum atomic E-state index is -0.858. The van der Waals surface area contributed by atoms with Gasteiger partial charge in [-0.1, -0.05) is 0 Å². The van der Waals surface area contributed by atoms with Crippen molar-refractivity contribution in [2.75, 3.05) is 44.3 Å². The second-order valence-corrected chi connectivity index (χ2v) is 9.01. The van der Waals surface area contributed by atoms with Crippen LogP contribution < -0.4 is 16.4 Å². The third-order valence-electron chi connectivity index (χ3n) is 6.57. The normalized spacial score (nSPS) is 18.6. The van der Waals surface area contributed by atoms with Gasteiger partial charge in [-0.2, -0.15) is 5.26 Å². The SMILES string of the molecule is COC(=O)/C(C#N)=C(\Nc1ccc2ncnc(N)c2c1)N[C@H]1CCCCN(CC(=O)N2CCCC2)C1=O. The summed E-state index contributed by atoms with van der Waals surface area (Å²) in [7, 11) is 1.17. The third-order valence-corrected chi connectivity index (χ3v) is 6.57. The van der Waals surface area contributed by atoms with E-state index in [4.69, 9.17) is 10.5 Å². The minimum Gasteiger partial charge on any atom is -0.465 e. The van der Waals surface area contributed by atoms with Crippen molar-refractivity contribution >= 4 is 40.2 Å². The van der Waals surface area contributed by atoms with Crippen LogP contribution in [0.3, 0.4) is 0 Å². The second-order valence-electron chi connectivity index (χ2n) is 9.01. The molecular formula is C25H30N8O4. The molecule has 37 heavy (non-hydrogen) atoms. The van der Waals surface area contributed by atoms with Gasteiger partial charge in [-0.05, 0) is 50.3 Å². The number of carbonyl (C=O) groups excluding carboxylic acids is 3. The number of esters is 1. The van der Waals surface area contributed by atoms with E-state index in [1.807, 2.05) is 6.07 Å². The summed E-state index contributed by atoms with van der Waals surface area (Å²) in [5.74, 6) is -0.886. The summed E-state index contributed by atoms with van der Waals surface area (Å²) in [6.45, 7) is 1.90. The van der Waals surface area contributed by atoms with Crippen LogP contribution in [0.15, 0.2) is 35.9 Å². The molecule has 12 nitrogen and oxygen atoms in total. The number of nitrogens with zero attached hydrogens (tertiary/aromatic N) is 5. The van der Waals surface area contributed by atoms with Gasteiger partial charge < -0.3 is 30.9 Å². The highest BCUT2D eigenvalue weighted by atomic mass is 16.5. The zero-order valence-corrected chi connectivity index (χ0v) is 20.7. The maximum absolute atomic E-state index is 13.5. The van der Waals surface area contributed by atoms with Gasteiger partial charge in [0.25, 0.3) is 0 Å². The number of fused-ring (bicyclic) bond motifs is 1. The molecule has 0 unspecified atom stereocenters. The van der Waals surface area contributed by atoms with Gasteiger partial charge in [0, 0.05) is 30.7 Å². The van der Waals surface area contributed by atoms with Gasteiger partial charge in [-0.3, -0.25) is 9.59 Å². The molecule has 1 atom stereocenters. The summed E-state index contributed by atoms with van der Waals surface area (Å²) in [4.78, 5) is 50.1. The van der Waals surface area contributed by atoms with Crippen LogP contribution >= 0.6 is 0 Å². The van der Waals surface area contributed by atoms with Crippen LogP contribution in [0.5, 0.6) is 0 Å². The number of nitrogens with one attached hydrogen (secondary N) is 2. The van der Waals surface area contributed by atoms with Crippen LogP contribution in [0.1, 0.15) is 32.1 Å². The molecule has 2 amide bonds. The van der Waals surface area contributed by atoms with Gasteiger partial charge in [0.15, 0.2) is 5.57 Å². The van der Waals surface area contributed by atoms with Gasteiger partial charge >= 0.3 is 5.97 Å². The lowest BCUT2D eigenvalue weighted by atomic mass is 10.1. The Morgan fingerprint density at radius 3 is 2.68 bits per heavy atom. The van der Waals surface area contributed by atoms with Crippen molar-refractivity contribution in [3.63, 3.8) is 0 Å². The van der Waals surface area contributed by atoms with E-state index in [2.05, 4.69) is 20.6 Å². The molecule has 0 spiro atoms. The number of hydrogen-bond acceptors (Lipinski definition) is 10. The Morgan fingerprint density at radius 2 is 1.95 bits per heavy atom. The fourth-order valence-corrected chi connectivity index (χ4v) is 4.58. The van der Waals surface area contributed by atoms with Gasteiger partial charge in [0.2, 0.25) is 11.8 Å². The third kappa shape index (κ3) is 5.88. The standard InChI is InChI=1S/C25H30N8O4/c1-37-25(36)18(13-26)23(30-16-7-8-19-17(12-16)22(27)29-15-28-19)31-20-6-2-3-11-33(24(20)35)14-21(34)32-9-4-5-10-32/h7-8,12,15,20,30-31H,2-6,9-11,14H2,1H3,(H2,27,28,29)/b23-18+/t20-/m0/s1.